The molecule has 0 aliphatic heterocycles. The Hall–Kier alpha value is -0.823. The van der Waals surface area contributed by atoms with Gasteiger partial charge in [-0.15, -0.1) is 0 Å². The second-order valence-corrected chi connectivity index (χ2v) is 2.87. The van der Waals surface area contributed by atoms with Crippen LogP contribution in [-0.2, 0) is 6.42 Å². The first-order valence-electron chi connectivity index (χ1n) is 3.61. The summed E-state index contributed by atoms with van der Waals surface area (Å²) in [6.07, 6.45) is 3.41. The molecule has 0 saturated carbocycles. The van der Waals surface area contributed by atoms with Crippen molar-refractivity contribution in [2.24, 2.45) is 0 Å². The highest BCUT2D eigenvalue weighted by molar-refractivity contribution is 5.75. The van der Waals surface area contributed by atoms with Crippen molar-refractivity contribution in [2.75, 3.05) is 0 Å². The molecule has 0 nitrogen and oxygen atoms in total. The summed E-state index contributed by atoms with van der Waals surface area (Å²) in [6, 6.07) is 8.56. The molecule has 11 heavy (non-hydrogen) atoms. The van der Waals surface area contributed by atoms with Gasteiger partial charge < -0.3 is 0 Å². The van der Waals surface area contributed by atoms with Crippen molar-refractivity contribution in [1.29, 1.82) is 0 Å². The maximum atomic E-state index is 2.26. The van der Waals surface area contributed by atoms with Gasteiger partial charge >= 0.3 is 0 Å². The van der Waals surface area contributed by atoms with E-state index in [1.807, 2.05) is 0 Å². The van der Waals surface area contributed by atoms with E-state index in [9.17, 15) is 0 Å². The lowest BCUT2D eigenvalue weighted by atomic mass is 10.1. The second-order valence-electron chi connectivity index (χ2n) is 2.87. The molecule has 0 unspecified atom stereocenters. The fraction of sp³-hybridized carbons (Fsp3) is 0.200. The van der Waals surface area contributed by atoms with Crippen LogP contribution in [0.2, 0.25) is 0 Å². The molecule has 0 heterocycles. The first kappa shape index (κ1) is 8.28. The fourth-order valence-corrected chi connectivity index (χ4v) is 1.45. The smallest absolute Gasteiger partial charge is 0.00606 e. The molecule has 0 fully saturated rings. The standard InChI is InChI=1S/C10H10.H4Si/c1-8-6-9-4-2-3-5-10(9)7-8;/h2-6H,7H2,1H3;1H4. The van der Waals surface area contributed by atoms with E-state index in [4.69, 9.17) is 0 Å². The van der Waals surface area contributed by atoms with Gasteiger partial charge in [0.1, 0.15) is 0 Å². The van der Waals surface area contributed by atoms with E-state index in [1.165, 1.54) is 16.7 Å². The SMILES string of the molecule is CC1=Cc2ccccc2C1.[SiH4]. The first-order chi connectivity index (χ1) is 4.86. The van der Waals surface area contributed by atoms with Crippen molar-refractivity contribution in [3.63, 3.8) is 0 Å². The van der Waals surface area contributed by atoms with Crippen molar-refractivity contribution < 1.29 is 0 Å². The summed E-state index contributed by atoms with van der Waals surface area (Å²) in [5, 5.41) is 0. The van der Waals surface area contributed by atoms with E-state index in [-0.39, 0.29) is 11.0 Å². The highest BCUT2D eigenvalue weighted by Gasteiger charge is 2.06. The summed E-state index contributed by atoms with van der Waals surface area (Å²) in [4.78, 5) is 0. The van der Waals surface area contributed by atoms with E-state index >= 15 is 0 Å². The van der Waals surface area contributed by atoms with Crippen LogP contribution >= 0.6 is 0 Å². The van der Waals surface area contributed by atoms with E-state index in [0.717, 1.165) is 6.42 Å². The zero-order valence-electron chi connectivity index (χ0n) is 6.09. The van der Waals surface area contributed by atoms with Gasteiger partial charge in [-0.1, -0.05) is 35.9 Å². The van der Waals surface area contributed by atoms with Crippen LogP contribution in [0.4, 0.5) is 0 Å². The summed E-state index contributed by atoms with van der Waals surface area (Å²) in [5.74, 6) is 0. The molecule has 0 N–H and O–H groups in total. The van der Waals surface area contributed by atoms with Gasteiger partial charge in [0, 0.05) is 0 Å². The van der Waals surface area contributed by atoms with E-state index in [0.29, 0.717) is 0 Å². The number of allylic oxidation sites excluding steroid dienone is 1. The Morgan fingerprint density at radius 3 is 2.64 bits per heavy atom. The molecule has 1 aromatic carbocycles. The third-order valence-electron chi connectivity index (χ3n) is 1.93. The Balaban J connectivity index is 0.000000605. The van der Waals surface area contributed by atoms with Crippen LogP contribution in [0, 0.1) is 0 Å². The van der Waals surface area contributed by atoms with Crippen LogP contribution in [0.5, 0.6) is 0 Å². The molecule has 0 bridgehead atoms. The molecular formula is C10H14Si. The van der Waals surface area contributed by atoms with Gasteiger partial charge in [0.25, 0.3) is 0 Å². The van der Waals surface area contributed by atoms with Gasteiger partial charge in [-0.05, 0) is 35.4 Å². The van der Waals surface area contributed by atoms with Crippen LogP contribution < -0.4 is 0 Å². The fourth-order valence-electron chi connectivity index (χ4n) is 1.45. The van der Waals surface area contributed by atoms with E-state index in [1.54, 1.807) is 0 Å². The summed E-state index contributed by atoms with van der Waals surface area (Å²) >= 11 is 0. The molecule has 0 radical (unpaired) electrons. The van der Waals surface area contributed by atoms with Crippen LogP contribution in [0.15, 0.2) is 29.8 Å². The molecule has 0 saturated heterocycles. The van der Waals surface area contributed by atoms with Crippen LogP contribution in [0.3, 0.4) is 0 Å². The Morgan fingerprint density at radius 2 is 1.91 bits per heavy atom. The molecular weight excluding hydrogens is 148 g/mol. The molecule has 1 aliphatic rings. The minimum absolute atomic E-state index is 0. The third-order valence-corrected chi connectivity index (χ3v) is 1.93. The predicted molar refractivity (Wildman–Crippen MR) is 55.1 cm³/mol. The van der Waals surface area contributed by atoms with E-state index in [2.05, 4.69) is 37.3 Å². The quantitative estimate of drug-likeness (QED) is 0.503. The molecule has 58 valence electrons. The van der Waals surface area contributed by atoms with Gasteiger partial charge in [-0.2, -0.15) is 0 Å². The Bertz CT molecular complexity index is 287. The van der Waals surface area contributed by atoms with Gasteiger partial charge in [0.2, 0.25) is 0 Å². The average molecular weight is 162 g/mol. The zero-order valence-corrected chi connectivity index (χ0v) is 6.09. The Morgan fingerprint density at radius 1 is 1.18 bits per heavy atom. The first-order valence-corrected chi connectivity index (χ1v) is 3.61. The van der Waals surface area contributed by atoms with Crippen molar-refractivity contribution in [3.8, 4) is 0 Å². The van der Waals surface area contributed by atoms with Crippen LogP contribution in [0.1, 0.15) is 18.1 Å². The van der Waals surface area contributed by atoms with Gasteiger partial charge in [-0.25, -0.2) is 0 Å². The predicted octanol–water partition coefficient (Wildman–Crippen LogP) is 1.19. The van der Waals surface area contributed by atoms with Crippen LogP contribution in [0.25, 0.3) is 6.08 Å². The molecule has 0 amide bonds. The lowest BCUT2D eigenvalue weighted by Gasteiger charge is -1.93. The maximum Gasteiger partial charge on any atom is -0.00606 e. The topological polar surface area (TPSA) is 0 Å². The summed E-state index contributed by atoms with van der Waals surface area (Å²) in [7, 11) is 0. The second kappa shape index (κ2) is 3.05. The highest BCUT2D eigenvalue weighted by Crippen LogP contribution is 2.23. The number of hydrogen-bond acceptors (Lipinski definition) is 0. The summed E-state index contributed by atoms with van der Waals surface area (Å²) < 4.78 is 0. The van der Waals surface area contributed by atoms with Gasteiger partial charge in [0.05, 0.1) is 0 Å². The van der Waals surface area contributed by atoms with Crippen molar-refractivity contribution in [1.82, 2.24) is 0 Å². The Labute approximate surface area is 72.0 Å². The minimum atomic E-state index is 0. The Kier molecular flexibility index (Phi) is 2.30. The number of hydrogen-bond donors (Lipinski definition) is 0. The molecule has 1 aliphatic carbocycles. The summed E-state index contributed by atoms with van der Waals surface area (Å²) in [6.45, 7) is 2.18. The van der Waals surface area contributed by atoms with Crippen molar-refractivity contribution >= 4 is 17.0 Å². The van der Waals surface area contributed by atoms with E-state index < -0.39 is 0 Å². The molecule has 0 aromatic heterocycles. The molecule has 0 spiro atoms. The molecule has 1 heteroatoms. The van der Waals surface area contributed by atoms with Gasteiger partial charge in [-0.3, -0.25) is 0 Å². The molecule has 1 aromatic rings. The van der Waals surface area contributed by atoms with Gasteiger partial charge in [0.15, 0.2) is 0 Å². The largest absolute Gasteiger partial charge is 0.0683 e. The normalized spacial score (nSPS) is 13.4. The average Bonchev–Trinajstić information content (AvgIpc) is 2.27. The number of rotatable bonds is 0. The zero-order chi connectivity index (χ0) is 6.97. The molecule has 2 rings (SSSR count). The van der Waals surface area contributed by atoms with Crippen molar-refractivity contribution in [2.45, 2.75) is 13.3 Å². The molecule has 0 atom stereocenters. The summed E-state index contributed by atoms with van der Waals surface area (Å²) in [5.41, 5.74) is 4.35. The maximum absolute atomic E-state index is 2.26. The number of benzene rings is 1. The third kappa shape index (κ3) is 1.43. The number of fused-ring (bicyclic) bond motifs is 1. The lowest BCUT2D eigenvalue weighted by Crippen LogP contribution is -1.79. The monoisotopic (exact) mass is 162 g/mol. The van der Waals surface area contributed by atoms with Crippen molar-refractivity contribution in [3.05, 3.63) is 41.0 Å². The highest BCUT2D eigenvalue weighted by atomic mass is 28.1. The van der Waals surface area contributed by atoms with Crippen LogP contribution in [-0.4, -0.2) is 11.0 Å². The lowest BCUT2D eigenvalue weighted by molar-refractivity contribution is 1.20. The minimum Gasteiger partial charge on any atom is -0.0683 e.